The Morgan fingerprint density at radius 2 is 1.78 bits per heavy atom. The first-order valence-corrected chi connectivity index (χ1v) is 9.33. The normalized spacial score (nSPS) is 16.5. The molecule has 0 heterocycles. The van der Waals surface area contributed by atoms with Gasteiger partial charge >= 0.3 is 13.6 Å². The van der Waals surface area contributed by atoms with E-state index >= 15 is 0 Å². The molecule has 0 N–H and O–H groups in total. The van der Waals surface area contributed by atoms with E-state index < -0.39 is 13.6 Å². The van der Waals surface area contributed by atoms with Crippen LogP contribution in [0.25, 0.3) is 0 Å². The summed E-state index contributed by atoms with van der Waals surface area (Å²) in [5, 5.41) is 0. The van der Waals surface area contributed by atoms with E-state index in [1.165, 1.54) is 27.1 Å². The van der Waals surface area contributed by atoms with Crippen molar-refractivity contribution in [3.05, 3.63) is 47.5 Å². The van der Waals surface area contributed by atoms with Crippen LogP contribution in [0.1, 0.15) is 42.5 Å². The summed E-state index contributed by atoms with van der Waals surface area (Å²) >= 11 is 0. The lowest BCUT2D eigenvalue weighted by molar-refractivity contribution is 0.0630. The third-order valence-electron chi connectivity index (χ3n) is 4.06. The molecule has 1 saturated carbocycles. The van der Waals surface area contributed by atoms with Gasteiger partial charge in [0.1, 0.15) is 0 Å². The van der Waals surface area contributed by atoms with Crippen molar-refractivity contribution in [2.75, 3.05) is 14.2 Å². The summed E-state index contributed by atoms with van der Waals surface area (Å²) in [6.07, 6.45) is 7.09. The largest absolute Gasteiger partial charge is 0.415 e. The maximum Gasteiger partial charge on any atom is 0.395 e. The molecule has 1 aliphatic rings. The minimum Gasteiger partial charge on any atom is -0.415 e. The summed E-state index contributed by atoms with van der Waals surface area (Å²) in [5.41, 5.74) is 0.362. The molecule has 0 atom stereocenters. The molecule has 0 aliphatic heterocycles. The molecule has 0 bridgehead atoms. The van der Waals surface area contributed by atoms with E-state index in [-0.39, 0.29) is 5.50 Å². The van der Waals surface area contributed by atoms with Crippen molar-refractivity contribution < 1.29 is 23.1 Å². The molecular formula is C17H23O5P. The Kier molecular flexibility index (Phi) is 6.58. The maximum atomic E-state index is 12.6. The molecule has 5 nitrogen and oxygen atoms in total. The van der Waals surface area contributed by atoms with Crippen LogP contribution in [0.2, 0.25) is 0 Å². The lowest BCUT2D eigenvalue weighted by Crippen LogP contribution is -2.07. The third-order valence-corrected chi connectivity index (χ3v) is 5.83. The Balaban J connectivity index is 2.17. The Bertz CT molecular complexity index is 582. The molecule has 1 aromatic carbocycles. The maximum absolute atomic E-state index is 12.6. The average Bonchev–Trinajstić information content (AvgIpc) is 3.12. The Morgan fingerprint density at radius 3 is 2.35 bits per heavy atom. The summed E-state index contributed by atoms with van der Waals surface area (Å²) in [4.78, 5) is 12.2. The van der Waals surface area contributed by atoms with Crippen molar-refractivity contribution in [1.29, 1.82) is 0 Å². The zero-order valence-corrected chi connectivity index (χ0v) is 14.5. The fourth-order valence-corrected chi connectivity index (χ4v) is 3.74. The first-order valence-electron chi connectivity index (χ1n) is 7.78. The first kappa shape index (κ1) is 17.9. The van der Waals surface area contributed by atoms with Gasteiger partial charge in [-0.15, -0.1) is 0 Å². The van der Waals surface area contributed by atoms with E-state index in [0.29, 0.717) is 17.9 Å². The predicted octanol–water partition coefficient (Wildman–Crippen LogP) is 4.75. The Hall–Kier alpha value is -1.42. The van der Waals surface area contributed by atoms with Crippen LogP contribution in [0.5, 0.6) is 0 Å². The molecule has 1 aliphatic carbocycles. The fourth-order valence-electron chi connectivity index (χ4n) is 2.71. The molecule has 1 aromatic rings. The van der Waals surface area contributed by atoms with Gasteiger partial charge in [-0.3, -0.25) is 4.57 Å². The first-order chi connectivity index (χ1) is 11.1. The monoisotopic (exact) mass is 338 g/mol. The van der Waals surface area contributed by atoms with Gasteiger partial charge in [0.2, 0.25) is 5.50 Å². The highest BCUT2D eigenvalue weighted by Gasteiger charge is 2.32. The van der Waals surface area contributed by atoms with Gasteiger partial charge in [-0.25, -0.2) is 4.79 Å². The zero-order chi connectivity index (χ0) is 16.7. The van der Waals surface area contributed by atoms with E-state index in [2.05, 4.69) is 0 Å². The third kappa shape index (κ3) is 4.77. The molecule has 0 amide bonds. The molecule has 0 unspecified atom stereocenters. The van der Waals surface area contributed by atoms with Crippen LogP contribution in [-0.2, 0) is 18.3 Å². The quantitative estimate of drug-likeness (QED) is 0.408. The number of carbonyl (C=O) groups is 1. The molecule has 0 saturated heterocycles. The second-order valence-electron chi connectivity index (χ2n) is 5.55. The molecular weight excluding hydrogens is 315 g/mol. The van der Waals surface area contributed by atoms with Gasteiger partial charge in [-0.2, -0.15) is 0 Å². The van der Waals surface area contributed by atoms with Gasteiger partial charge < -0.3 is 13.8 Å². The number of carbonyl (C=O) groups excluding carboxylic acids is 1. The molecule has 6 heteroatoms. The topological polar surface area (TPSA) is 61.8 Å². The van der Waals surface area contributed by atoms with Crippen molar-refractivity contribution >= 4 is 13.6 Å². The predicted molar refractivity (Wildman–Crippen MR) is 88.1 cm³/mol. The van der Waals surface area contributed by atoms with Crippen molar-refractivity contribution in [2.24, 2.45) is 5.92 Å². The Morgan fingerprint density at radius 1 is 1.17 bits per heavy atom. The smallest absolute Gasteiger partial charge is 0.395 e. The van der Waals surface area contributed by atoms with E-state index in [1.807, 2.05) is 6.07 Å². The van der Waals surface area contributed by atoms with E-state index in [1.54, 1.807) is 30.3 Å². The van der Waals surface area contributed by atoms with Crippen molar-refractivity contribution in [2.45, 2.75) is 32.1 Å². The van der Waals surface area contributed by atoms with Gasteiger partial charge in [0.05, 0.1) is 5.56 Å². The second-order valence-corrected chi connectivity index (χ2v) is 7.71. The lowest BCUT2D eigenvalue weighted by Gasteiger charge is -2.17. The summed E-state index contributed by atoms with van der Waals surface area (Å²) in [6.45, 7) is 0. The molecule has 1 fully saturated rings. The van der Waals surface area contributed by atoms with Crippen molar-refractivity contribution in [1.82, 2.24) is 0 Å². The van der Waals surface area contributed by atoms with E-state index in [4.69, 9.17) is 13.8 Å². The number of ether oxygens (including phenoxy) is 1. The molecule has 126 valence electrons. The number of hydrogen-bond donors (Lipinski definition) is 0. The van der Waals surface area contributed by atoms with Crippen LogP contribution in [0.15, 0.2) is 41.9 Å². The average molecular weight is 338 g/mol. The van der Waals surface area contributed by atoms with Gasteiger partial charge in [-0.1, -0.05) is 43.9 Å². The van der Waals surface area contributed by atoms with Gasteiger partial charge in [0.15, 0.2) is 0 Å². The van der Waals surface area contributed by atoms with Crippen LogP contribution in [-0.4, -0.2) is 20.2 Å². The molecule has 2 rings (SSSR count). The standard InChI is InChI=1S/C17H23O5P/c1-20-23(19,21-2)16(13-12-14-8-6-7-9-14)22-17(18)15-10-4-3-5-11-15/h3-5,10-11,13-14H,6-9,12H2,1-2H3/b16-13-. The number of hydrogen-bond acceptors (Lipinski definition) is 5. The SMILES string of the molecule is COP(=O)(OC)/C(=C\CC1CCCC1)OC(=O)c1ccccc1. The van der Waals surface area contributed by atoms with Crippen LogP contribution < -0.4 is 0 Å². The highest BCUT2D eigenvalue weighted by atomic mass is 31.2. The van der Waals surface area contributed by atoms with Crippen LogP contribution in [0.4, 0.5) is 0 Å². The van der Waals surface area contributed by atoms with E-state index in [0.717, 1.165) is 12.8 Å². The highest BCUT2D eigenvalue weighted by molar-refractivity contribution is 7.58. The van der Waals surface area contributed by atoms with Gasteiger partial charge in [0, 0.05) is 14.2 Å². The zero-order valence-electron chi connectivity index (χ0n) is 13.6. The molecule has 0 spiro atoms. The number of esters is 1. The van der Waals surface area contributed by atoms with Crippen molar-refractivity contribution in [3.8, 4) is 0 Å². The summed E-state index contributed by atoms with van der Waals surface area (Å²) < 4.78 is 28.0. The number of rotatable bonds is 7. The summed E-state index contributed by atoms with van der Waals surface area (Å²) in [7, 11) is -1.04. The van der Waals surface area contributed by atoms with Crippen LogP contribution in [0, 0.1) is 5.92 Å². The molecule has 0 radical (unpaired) electrons. The Labute approximate surface area is 137 Å². The summed E-state index contributed by atoms with van der Waals surface area (Å²) in [6, 6.07) is 8.57. The minimum atomic E-state index is -3.60. The lowest BCUT2D eigenvalue weighted by atomic mass is 10.0. The van der Waals surface area contributed by atoms with Crippen molar-refractivity contribution in [3.63, 3.8) is 0 Å². The van der Waals surface area contributed by atoms with Crippen LogP contribution >= 0.6 is 7.60 Å². The number of allylic oxidation sites excluding steroid dienone is 1. The van der Waals surface area contributed by atoms with Gasteiger partial charge in [-0.05, 0) is 30.5 Å². The minimum absolute atomic E-state index is 0.0248. The summed E-state index contributed by atoms with van der Waals surface area (Å²) in [5.74, 6) is -0.0415. The molecule has 0 aromatic heterocycles. The molecule has 23 heavy (non-hydrogen) atoms. The van der Waals surface area contributed by atoms with Crippen LogP contribution in [0.3, 0.4) is 0 Å². The number of benzene rings is 1. The fraction of sp³-hybridized carbons (Fsp3) is 0.471. The van der Waals surface area contributed by atoms with Gasteiger partial charge in [0.25, 0.3) is 0 Å². The second kappa shape index (κ2) is 8.44. The van der Waals surface area contributed by atoms with E-state index in [9.17, 15) is 9.36 Å². The highest BCUT2D eigenvalue weighted by Crippen LogP contribution is 2.55.